The van der Waals surface area contributed by atoms with Crippen molar-refractivity contribution >= 4 is 5.97 Å². The highest BCUT2D eigenvalue weighted by Gasteiger charge is 2.21. The number of hydrogen-bond donors (Lipinski definition) is 1. The van der Waals surface area contributed by atoms with Crippen molar-refractivity contribution in [2.24, 2.45) is 5.92 Å². The Kier molecular flexibility index (Phi) is 7.83. The molecule has 4 heteroatoms. The maximum absolute atomic E-state index is 11.7. The van der Waals surface area contributed by atoms with Gasteiger partial charge in [-0.1, -0.05) is 39.3 Å². The molecular weight excluding hydrogens is 266 g/mol. The van der Waals surface area contributed by atoms with Gasteiger partial charge in [-0.2, -0.15) is 0 Å². The number of carbonyl (C=O) groups is 1. The first-order valence-corrected chi connectivity index (χ1v) is 7.61. The highest BCUT2D eigenvalue weighted by Crippen LogP contribution is 2.13. The molecule has 1 atom stereocenters. The third-order valence-electron chi connectivity index (χ3n) is 3.34. The minimum Gasteiger partial charge on any atom is -0.494 e. The fourth-order valence-corrected chi connectivity index (χ4v) is 1.98. The molecule has 21 heavy (non-hydrogen) atoms. The van der Waals surface area contributed by atoms with Crippen LogP contribution in [0.1, 0.15) is 39.2 Å². The smallest absolute Gasteiger partial charge is 0.323 e. The molecule has 1 rings (SSSR count). The van der Waals surface area contributed by atoms with Gasteiger partial charge in [0.15, 0.2) is 0 Å². The molecule has 0 aliphatic heterocycles. The van der Waals surface area contributed by atoms with Crippen LogP contribution in [0.15, 0.2) is 24.3 Å². The Hall–Kier alpha value is -1.55. The molecule has 0 saturated heterocycles. The number of esters is 1. The van der Waals surface area contributed by atoms with Crippen LogP contribution in [-0.4, -0.2) is 25.7 Å². The Morgan fingerprint density at radius 3 is 2.43 bits per heavy atom. The van der Waals surface area contributed by atoms with E-state index in [1.807, 2.05) is 38.1 Å². The Morgan fingerprint density at radius 1 is 1.24 bits per heavy atom. The summed E-state index contributed by atoms with van der Waals surface area (Å²) in [6.07, 6.45) is 2.20. The van der Waals surface area contributed by atoms with Crippen LogP contribution in [0.25, 0.3) is 0 Å². The lowest BCUT2D eigenvalue weighted by atomic mass is 10.0. The van der Waals surface area contributed by atoms with Crippen molar-refractivity contribution in [3.8, 4) is 5.75 Å². The Bertz CT molecular complexity index is 415. The fourth-order valence-electron chi connectivity index (χ4n) is 1.98. The molecule has 0 aromatic heterocycles. The second kappa shape index (κ2) is 9.40. The summed E-state index contributed by atoms with van der Waals surface area (Å²) in [7, 11) is 1.42. The molecule has 0 heterocycles. The van der Waals surface area contributed by atoms with Crippen molar-refractivity contribution < 1.29 is 14.3 Å². The van der Waals surface area contributed by atoms with Gasteiger partial charge < -0.3 is 14.8 Å². The Labute approximate surface area is 127 Å². The molecule has 1 aromatic carbocycles. The lowest BCUT2D eigenvalue weighted by Crippen LogP contribution is -2.41. The van der Waals surface area contributed by atoms with Crippen molar-refractivity contribution in [2.75, 3.05) is 13.7 Å². The summed E-state index contributed by atoms with van der Waals surface area (Å²) < 4.78 is 10.4. The van der Waals surface area contributed by atoms with E-state index in [0.29, 0.717) is 6.54 Å². The van der Waals surface area contributed by atoms with Crippen molar-refractivity contribution in [2.45, 2.75) is 46.2 Å². The summed E-state index contributed by atoms with van der Waals surface area (Å²) in [5, 5.41) is 3.24. The van der Waals surface area contributed by atoms with Gasteiger partial charge in [-0.25, -0.2) is 0 Å². The highest BCUT2D eigenvalue weighted by molar-refractivity contribution is 5.75. The number of hydrogen-bond acceptors (Lipinski definition) is 4. The average molecular weight is 293 g/mol. The summed E-state index contributed by atoms with van der Waals surface area (Å²) in [6, 6.07) is 7.69. The van der Waals surface area contributed by atoms with E-state index < -0.39 is 0 Å². The largest absolute Gasteiger partial charge is 0.494 e. The van der Waals surface area contributed by atoms with E-state index in [1.54, 1.807) is 0 Å². The van der Waals surface area contributed by atoms with Gasteiger partial charge in [-0.05, 0) is 30.0 Å². The quantitative estimate of drug-likeness (QED) is 0.561. The number of ether oxygens (including phenoxy) is 2. The second-order valence-electron chi connectivity index (χ2n) is 5.47. The van der Waals surface area contributed by atoms with E-state index in [-0.39, 0.29) is 17.9 Å². The van der Waals surface area contributed by atoms with Crippen LogP contribution in [0.4, 0.5) is 0 Å². The van der Waals surface area contributed by atoms with Crippen LogP contribution < -0.4 is 10.1 Å². The molecule has 0 fully saturated rings. The number of benzene rings is 1. The highest BCUT2D eigenvalue weighted by atomic mass is 16.5. The van der Waals surface area contributed by atoms with Crippen LogP contribution >= 0.6 is 0 Å². The number of unbranched alkanes of at least 4 members (excludes halogenated alkanes) is 1. The Morgan fingerprint density at radius 2 is 1.90 bits per heavy atom. The van der Waals surface area contributed by atoms with Gasteiger partial charge in [0.1, 0.15) is 11.8 Å². The number of methoxy groups -OCH3 is 1. The van der Waals surface area contributed by atoms with E-state index in [1.165, 1.54) is 7.11 Å². The van der Waals surface area contributed by atoms with Crippen LogP contribution in [0, 0.1) is 5.92 Å². The van der Waals surface area contributed by atoms with Crippen LogP contribution in [0.2, 0.25) is 0 Å². The normalized spacial score (nSPS) is 12.2. The first kappa shape index (κ1) is 17.5. The summed E-state index contributed by atoms with van der Waals surface area (Å²) in [5.41, 5.74) is 1.12. The maximum atomic E-state index is 11.7. The third kappa shape index (κ3) is 6.17. The predicted molar refractivity (Wildman–Crippen MR) is 84.3 cm³/mol. The topological polar surface area (TPSA) is 47.6 Å². The van der Waals surface area contributed by atoms with E-state index in [9.17, 15) is 4.79 Å². The lowest BCUT2D eigenvalue weighted by molar-refractivity contribution is -0.144. The fraction of sp³-hybridized carbons (Fsp3) is 0.588. The summed E-state index contributed by atoms with van der Waals surface area (Å²) >= 11 is 0. The van der Waals surface area contributed by atoms with Crippen LogP contribution in [0.3, 0.4) is 0 Å². The van der Waals surface area contributed by atoms with Gasteiger partial charge >= 0.3 is 5.97 Å². The molecule has 0 aliphatic rings. The molecule has 1 aromatic rings. The van der Waals surface area contributed by atoms with Crippen molar-refractivity contribution in [1.82, 2.24) is 5.32 Å². The molecule has 0 saturated carbocycles. The van der Waals surface area contributed by atoms with E-state index >= 15 is 0 Å². The van der Waals surface area contributed by atoms with Gasteiger partial charge in [0, 0.05) is 6.54 Å². The van der Waals surface area contributed by atoms with E-state index in [4.69, 9.17) is 9.47 Å². The predicted octanol–water partition coefficient (Wildman–Crippen LogP) is 3.15. The third-order valence-corrected chi connectivity index (χ3v) is 3.34. The SMILES string of the molecule is CCCCOc1ccc(CNC(C(=O)OC)C(C)C)cc1. The van der Waals surface area contributed by atoms with Gasteiger partial charge in [0.25, 0.3) is 0 Å². The molecule has 1 N–H and O–H groups in total. The molecule has 1 unspecified atom stereocenters. The average Bonchev–Trinajstić information content (AvgIpc) is 2.48. The molecule has 0 radical (unpaired) electrons. The van der Waals surface area contributed by atoms with Gasteiger partial charge in [-0.15, -0.1) is 0 Å². The summed E-state index contributed by atoms with van der Waals surface area (Å²) in [4.78, 5) is 11.7. The standard InChI is InChI=1S/C17H27NO3/c1-5-6-11-21-15-9-7-14(8-10-15)12-18-16(13(2)3)17(19)20-4/h7-10,13,16,18H,5-6,11-12H2,1-4H3. The molecule has 4 nitrogen and oxygen atoms in total. The van der Waals surface area contributed by atoms with Crippen molar-refractivity contribution in [3.05, 3.63) is 29.8 Å². The molecule has 0 bridgehead atoms. The molecule has 118 valence electrons. The molecule has 0 spiro atoms. The molecule has 0 amide bonds. The van der Waals surface area contributed by atoms with E-state index in [2.05, 4.69) is 12.2 Å². The summed E-state index contributed by atoms with van der Waals surface area (Å²) in [6.45, 7) is 7.53. The minimum absolute atomic E-state index is 0.189. The number of carbonyl (C=O) groups excluding carboxylic acids is 1. The number of rotatable bonds is 9. The Balaban J connectivity index is 2.49. The van der Waals surface area contributed by atoms with Crippen LogP contribution in [-0.2, 0) is 16.1 Å². The van der Waals surface area contributed by atoms with Gasteiger partial charge in [0.05, 0.1) is 13.7 Å². The second-order valence-corrected chi connectivity index (χ2v) is 5.47. The first-order valence-electron chi connectivity index (χ1n) is 7.61. The minimum atomic E-state index is -0.282. The lowest BCUT2D eigenvalue weighted by Gasteiger charge is -2.19. The first-order chi connectivity index (χ1) is 10.1. The molecule has 0 aliphatic carbocycles. The van der Waals surface area contributed by atoms with Crippen LogP contribution in [0.5, 0.6) is 5.75 Å². The van der Waals surface area contributed by atoms with Gasteiger partial charge in [0.2, 0.25) is 0 Å². The maximum Gasteiger partial charge on any atom is 0.323 e. The van der Waals surface area contributed by atoms with Crippen molar-refractivity contribution in [3.63, 3.8) is 0 Å². The van der Waals surface area contributed by atoms with Gasteiger partial charge in [-0.3, -0.25) is 4.79 Å². The zero-order valence-corrected chi connectivity index (χ0v) is 13.5. The molecular formula is C17H27NO3. The van der Waals surface area contributed by atoms with Crippen molar-refractivity contribution in [1.29, 1.82) is 0 Å². The monoisotopic (exact) mass is 293 g/mol. The number of nitrogens with one attached hydrogen (secondary N) is 1. The summed E-state index contributed by atoms with van der Waals surface area (Å²) in [5.74, 6) is 0.860. The zero-order valence-electron chi connectivity index (χ0n) is 13.5. The van der Waals surface area contributed by atoms with E-state index in [0.717, 1.165) is 30.8 Å². The zero-order chi connectivity index (χ0) is 15.7.